The fraction of sp³-hybridized carbons (Fsp3) is 0.120. The number of methoxy groups -OCH3 is 2. The second-order valence-corrected chi connectivity index (χ2v) is 8.17. The molecule has 10 heteroatoms. The highest BCUT2D eigenvalue weighted by Gasteiger charge is 2.14. The number of aromatic nitrogens is 3. The lowest BCUT2D eigenvalue weighted by Gasteiger charge is -2.11. The zero-order valence-corrected chi connectivity index (χ0v) is 19.9. The van der Waals surface area contributed by atoms with E-state index in [2.05, 4.69) is 20.8 Å². The number of rotatable bonds is 9. The van der Waals surface area contributed by atoms with E-state index in [9.17, 15) is 9.59 Å². The minimum atomic E-state index is -0.279. The van der Waals surface area contributed by atoms with Crippen LogP contribution in [0.25, 0.3) is 5.69 Å². The zero-order chi connectivity index (χ0) is 24.6. The molecule has 0 saturated carbocycles. The molecular weight excluding hydrogens is 466 g/mol. The van der Waals surface area contributed by atoms with Crippen LogP contribution in [0.3, 0.4) is 0 Å². The Morgan fingerprint density at radius 1 is 0.886 bits per heavy atom. The molecule has 0 fully saturated rings. The Bertz CT molecular complexity index is 1320. The summed E-state index contributed by atoms with van der Waals surface area (Å²) in [6, 6.07) is 21.3. The van der Waals surface area contributed by atoms with E-state index < -0.39 is 0 Å². The zero-order valence-electron chi connectivity index (χ0n) is 19.1. The number of ether oxygens (including phenoxy) is 2. The van der Waals surface area contributed by atoms with Crippen LogP contribution in [0, 0.1) is 0 Å². The van der Waals surface area contributed by atoms with E-state index in [1.165, 1.54) is 11.8 Å². The molecular formula is C25H23N5O4S. The number of hydrogen-bond acceptors (Lipinski definition) is 7. The van der Waals surface area contributed by atoms with E-state index in [0.717, 1.165) is 5.69 Å². The number of para-hydroxylation sites is 4. The molecule has 0 saturated heterocycles. The third-order valence-corrected chi connectivity index (χ3v) is 5.92. The Kier molecular flexibility index (Phi) is 7.63. The van der Waals surface area contributed by atoms with Crippen molar-refractivity contribution < 1.29 is 19.1 Å². The van der Waals surface area contributed by atoms with Gasteiger partial charge in [-0.3, -0.25) is 14.2 Å². The molecule has 9 nitrogen and oxygen atoms in total. The number of anilines is 2. The topological polar surface area (TPSA) is 107 Å². The van der Waals surface area contributed by atoms with Crippen LogP contribution in [0.5, 0.6) is 11.5 Å². The van der Waals surface area contributed by atoms with Crippen LogP contribution in [0.2, 0.25) is 0 Å². The molecule has 2 N–H and O–H groups in total. The van der Waals surface area contributed by atoms with Crippen LogP contribution in [-0.2, 0) is 4.79 Å². The van der Waals surface area contributed by atoms with Crippen molar-refractivity contribution in [2.75, 3.05) is 30.6 Å². The molecule has 3 aromatic carbocycles. The summed E-state index contributed by atoms with van der Waals surface area (Å²) in [6.45, 7) is 0. The molecule has 0 atom stereocenters. The van der Waals surface area contributed by atoms with Crippen molar-refractivity contribution in [3.8, 4) is 17.2 Å². The molecule has 35 heavy (non-hydrogen) atoms. The number of amides is 2. The largest absolute Gasteiger partial charge is 0.495 e. The standard InChI is InChI=1S/C25H23N5O4S/c1-33-21-9-5-3-7-19(21)28-24(32)17-11-13-18(14-12-17)27-23(31)15-35-25-29-26-16-30(25)20-8-4-6-10-22(20)34-2/h3-14,16H,15H2,1-2H3,(H,27,31)(H,28,32). The average Bonchev–Trinajstić information content (AvgIpc) is 3.36. The molecule has 4 aromatic rings. The first-order valence-electron chi connectivity index (χ1n) is 10.6. The van der Waals surface area contributed by atoms with E-state index in [1.807, 2.05) is 36.4 Å². The summed E-state index contributed by atoms with van der Waals surface area (Å²) in [4.78, 5) is 25.1. The summed E-state index contributed by atoms with van der Waals surface area (Å²) < 4.78 is 12.4. The number of nitrogens with zero attached hydrogens (tertiary/aromatic N) is 3. The van der Waals surface area contributed by atoms with Crippen LogP contribution in [0.4, 0.5) is 11.4 Å². The summed E-state index contributed by atoms with van der Waals surface area (Å²) in [5.41, 5.74) is 2.39. The number of benzene rings is 3. The van der Waals surface area contributed by atoms with Gasteiger partial charge in [-0.05, 0) is 48.5 Å². The van der Waals surface area contributed by atoms with E-state index >= 15 is 0 Å². The molecule has 1 aromatic heterocycles. The number of hydrogen-bond donors (Lipinski definition) is 2. The third-order valence-electron chi connectivity index (χ3n) is 4.98. The Morgan fingerprint density at radius 3 is 2.31 bits per heavy atom. The van der Waals surface area contributed by atoms with Gasteiger partial charge >= 0.3 is 0 Å². The van der Waals surface area contributed by atoms with Gasteiger partial charge < -0.3 is 20.1 Å². The highest BCUT2D eigenvalue weighted by Crippen LogP contribution is 2.27. The van der Waals surface area contributed by atoms with E-state index in [-0.39, 0.29) is 17.6 Å². The van der Waals surface area contributed by atoms with Crippen molar-refractivity contribution in [2.24, 2.45) is 0 Å². The fourth-order valence-corrected chi connectivity index (χ4v) is 4.01. The van der Waals surface area contributed by atoms with Gasteiger partial charge in [-0.1, -0.05) is 36.0 Å². The number of carbonyl (C=O) groups excluding carboxylic acids is 2. The van der Waals surface area contributed by atoms with Gasteiger partial charge in [-0.2, -0.15) is 0 Å². The van der Waals surface area contributed by atoms with E-state index in [1.54, 1.807) is 61.5 Å². The monoisotopic (exact) mass is 489 g/mol. The lowest BCUT2D eigenvalue weighted by atomic mass is 10.2. The molecule has 2 amide bonds. The molecule has 0 radical (unpaired) electrons. The van der Waals surface area contributed by atoms with Crippen molar-refractivity contribution in [1.82, 2.24) is 14.8 Å². The lowest BCUT2D eigenvalue weighted by molar-refractivity contribution is -0.113. The van der Waals surface area contributed by atoms with Gasteiger partial charge in [0.1, 0.15) is 17.8 Å². The van der Waals surface area contributed by atoms with Crippen molar-refractivity contribution in [3.63, 3.8) is 0 Å². The average molecular weight is 490 g/mol. The highest BCUT2D eigenvalue weighted by atomic mass is 32.2. The van der Waals surface area contributed by atoms with Gasteiger partial charge in [-0.15, -0.1) is 10.2 Å². The van der Waals surface area contributed by atoms with Crippen LogP contribution >= 0.6 is 11.8 Å². The quantitative estimate of drug-likeness (QED) is 0.338. The van der Waals surface area contributed by atoms with Gasteiger partial charge in [0, 0.05) is 11.3 Å². The van der Waals surface area contributed by atoms with Crippen molar-refractivity contribution in [2.45, 2.75) is 5.16 Å². The second kappa shape index (κ2) is 11.2. The highest BCUT2D eigenvalue weighted by molar-refractivity contribution is 7.99. The summed E-state index contributed by atoms with van der Waals surface area (Å²) in [6.07, 6.45) is 1.58. The SMILES string of the molecule is COc1ccccc1NC(=O)c1ccc(NC(=O)CSc2nncn2-c2ccccc2OC)cc1. The number of thioether (sulfide) groups is 1. The van der Waals surface area contributed by atoms with Gasteiger partial charge in [0.15, 0.2) is 5.16 Å². The maximum absolute atomic E-state index is 12.6. The first-order chi connectivity index (χ1) is 17.1. The second-order valence-electron chi connectivity index (χ2n) is 7.22. The van der Waals surface area contributed by atoms with Gasteiger partial charge in [0.05, 0.1) is 31.3 Å². The Balaban J connectivity index is 1.34. The van der Waals surface area contributed by atoms with Gasteiger partial charge in [0.25, 0.3) is 5.91 Å². The van der Waals surface area contributed by atoms with Crippen molar-refractivity contribution in [1.29, 1.82) is 0 Å². The molecule has 0 spiro atoms. The summed E-state index contributed by atoms with van der Waals surface area (Å²) in [7, 11) is 3.14. The molecule has 0 bridgehead atoms. The molecule has 0 unspecified atom stereocenters. The number of nitrogens with one attached hydrogen (secondary N) is 2. The predicted molar refractivity (Wildman–Crippen MR) is 135 cm³/mol. The molecule has 0 aliphatic heterocycles. The minimum absolute atomic E-state index is 0.129. The molecule has 0 aliphatic rings. The Morgan fingerprint density at radius 2 is 1.57 bits per heavy atom. The summed E-state index contributed by atoms with van der Waals surface area (Å²) >= 11 is 1.25. The summed E-state index contributed by atoms with van der Waals surface area (Å²) in [5.74, 6) is 0.885. The first-order valence-corrected chi connectivity index (χ1v) is 11.6. The predicted octanol–water partition coefficient (Wildman–Crippen LogP) is 4.27. The first kappa shape index (κ1) is 23.8. The minimum Gasteiger partial charge on any atom is -0.495 e. The molecule has 1 heterocycles. The van der Waals surface area contributed by atoms with Gasteiger partial charge in [-0.25, -0.2) is 0 Å². The smallest absolute Gasteiger partial charge is 0.255 e. The van der Waals surface area contributed by atoms with E-state index in [0.29, 0.717) is 33.6 Å². The third kappa shape index (κ3) is 5.79. The fourth-order valence-electron chi connectivity index (χ4n) is 3.29. The number of carbonyl (C=O) groups is 2. The molecule has 0 aliphatic carbocycles. The maximum Gasteiger partial charge on any atom is 0.255 e. The molecule has 4 rings (SSSR count). The maximum atomic E-state index is 12.6. The molecule has 178 valence electrons. The van der Waals surface area contributed by atoms with Crippen LogP contribution in [-0.4, -0.2) is 46.6 Å². The van der Waals surface area contributed by atoms with Crippen LogP contribution in [0.1, 0.15) is 10.4 Å². The van der Waals surface area contributed by atoms with Gasteiger partial charge in [0.2, 0.25) is 5.91 Å². The normalized spacial score (nSPS) is 10.5. The van der Waals surface area contributed by atoms with Crippen LogP contribution < -0.4 is 20.1 Å². The Hall–Kier alpha value is -4.31. The van der Waals surface area contributed by atoms with Crippen molar-refractivity contribution in [3.05, 3.63) is 84.7 Å². The van der Waals surface area contributed by atoms with Crippen LogP contribution in [0.15, 0.2) is 84.3 Å². The van der Waals surface area contributed by atoms with E-state index in [4.69, 9.17) is 9.47 Å². The lowest BCUT2D eigenvalue weighted by Crippen LogP contribution is -2.15. The summed E-state index contributed by atoms with van der Waals surface area (Å²) in [5, 5.41) is 14.3. The Labute approximate surface area is 206 Å². The van der Waals surface area contributed by atoms with Crippen molar-refractivity contribution >= 4 is 35.0 Å².